The first kappa shape index (κ1) is 15.2. The van der Waals surface area contributed by atoms with Gasteiger partial charge >= 0.3 is 0 Å². The number of nitrogens with zero attached hydrogens (tertiary/aromatic N) is 1. The van der Waals surface area contributed by atoms with Gasteiger partial charge in [0.25, 0.3) is 0 Å². The van der Waals surface area contributed by atoms with Gasteiger partial charge in [0, 0.05) is 25.2 Å². The van der Waals surface area contributed by atoms with Gasteiger partial charge in [0.05, 0.1) is 18.3 Å². The van der Waals surface area contributed by atoms with E-state index in [0.29, 0.717) is 12.5 Å². The molecule has 0 aromatic rings. The topological polar surface area (TPSA) is 41.9 Å². The summed E-state index contributed by atoms with van der Waals surface area (Å²) in [6.45, 7) is 6.54. The van der Waals surface area contributed by atoms with Gasteiger partial charge in [-0.25, -0.2) is 0 Å². The molecular formula is C15H29NO3. The van der Waals surface area contributed by atoms with Crippen LogP contribution < -0.4 is 0 Å². The molecule has 0 radical (unpaired) electrons. The summed E-state index contributed by atoms with van der Waals surface area (Å²) in [6, 6.07) is 0. The van der Waals surface area contributed by atoms with Gasteiger partial charge in [0.15, 0.2) is 0 Å². The summed E-state index contributed by atoms with van der Waals surface area (Å²) in [4.78, 5) is 2.16. The zero-order valence-electron chi connectivity index (χ0n) is 12.8. The number of aliphatic hydroxyl groups excluding tert-OH is 1. The molecule has 0 aliphatic carbocycles. The summed E-state index contributed by atoms with van der Waals surface area (Å²) in [5.41, 5.74) is -0.284. The van der Waals surface area contributed by atoms with Crippen LogP contribution in [0, 0.1) is 5.92 Å². The first-order valence-electron chi connectivity index (χ1n) is 7.51. The van der Waals surface area contributed by atoms with E-state index < -0.39 is 0 Å². The lowest BCUT2D eigenvalue weighted by Crippen LogP contribution is -2.56. The summed E-state index contributed by atoms with van der Waals surface area (Å²) in [5.74, 6) is 0.308. The maximum absolute atomic E-state index is 10.9. The highest BCUT2D eigenvalue weighted by atomic mass is 16.6. The highest BCUT2D eigenvalue weighted by Gasteiger charge is 2.46. The van der Waals surface area contributed by atoms with Crippen molar-refractivity contribution in [1.82, 2.24) is 4.90 Å². The highest BCUT2D eigenvalue weighted by Crippen LogP contribution is 2.40. The number of hydrogen-bond acceptors (Lipinski definition) is 4. The summed E-state index contributed by atoms with van der Waals surface area (Å²) in [6.07, 6.45) is 3.49. The minimum absolute atomic E-state index is 0.120. The molecule has 1 N–H and O–H groups in total. The van der Waals surface area contributed by atoms with Gasteiger partial charge in [-0.15, -0.1) is 0 Å². The van der Waals surface area contributed by atoms with Gasteiger partial charge in [0.1, 0.15) is 0 Å². The molecule has 0 amide bonds. The molecule has 1 spiro atoms. The highest BCUT2D eigenvalue weighted by molar-refractivity contribution is 4.98. The Hall–Kier alpha value is -0.160. The van der Waals surface area contributed by atoms with Crippen LogP contribution in [0.2, 0.25) is 0 Å². The average molecular weight is 271 g/mol. The molecule has 0 aromatic heterocycles. The average Bonchev–Trinajstić information content (AvgIpc) is 2.84. The van der Waals surface area contributed by atoms with Gasteiger partial charge in [-0.05, 0) is 46.2 Å². The Labute approximate surface area is 117 Å². The molecule has 4 unspecified atom stereocenters. The van der Waals surface area contributed by atoms with Crippen LogP contribution in [0.4, 0.5) is 0 Å². The molecule has 2 aliphatic rings. The minimum atomic E-state index is -0.311. The van der Waals surface area contributed by atoms with Crippen LogP contribution in [0.25, 0.3) is 0 Å². The second-order valence-corrected chi connectivity index (χ2v) is 6.64. The maximum atomic E-state index is 10.9. The van der Waals surface area contributed by atoms with E-state index in [4.69, 9.17) is 9.47 Å². The molecule has 2 saturated heterocycles. The Bertz CT molecular complexity index is 302. The van der Waals surface area contributed by atoms with Crippen molar-refractivity contribution in [3.05, 3.63) is 0 Å². The van der Waals surface area contributed by atoms with E-state index in [0.717, 1.165) is 38.9 Å². The fourth-order valence-corrected chi connectivity index (χ4v) is 3.50. The molecule has 4 heteroatoms. The first-order valence-corrected chi connectivity index (χ1v) is 7.51. The predicted molar refractivity (Wildman–Crippen MR) is 75.2 cm³/mol. The van der Waals surface area contributed by atoms with Crippen molar-refractivity contribution in [2.24, 2.45) is 5.92 Å². The van der Waals surface area contributed by atoms with Crippen LogP contribution in [-0.4, -0.2) is 61.2 Å². The number of likely N-dealkylation sites (N-methyl/N-ethyl adjacent to an activating group) is 1. The summed E-state index contributed by atoms with van der Waals surface area (Å²) >= 11 is 0. The van der Waals surface area contributed by atoms with E-state index in [1.165, 1.54) is 0 Å². The summed E-state index contributed by atoms with van der Waals surface area (Å²) in [7, 11) is 4.11. The van der Waals surface area contributed by atoms with Crippen molar-refractivity contribution >= 4 is 0 Å². The molecule has 2 rings (SSSR count). The Morgan fingerprint density at radius 3 is 2.68 bits per heavy atom. The van der Waals surface area contributed by atoms with Gasteiger partial charge in [-0.3, -0.25) is 0 Å². The van der Waals surface area contributed by atoms with Gasteiger partial charge in [0.2, 0.25) is 0 Å². The zero-order valence-corrected chi connectivity index (χ0v) is 12.8. The van der Waals surface area contributed by atoms with E-state index in [-0.39, 0.29) is 17.2 Å². The lowest BCUT2D eigenvalue weighted by molar-refractivity contribution is -0.136. The maximum Gasteiger partial charge on any atom is 0.0940 e. The molecule has 2 heterocycles. The molecule has 112 valence electrons. The zero-order chi connectivity index (χ0) is 14.1. The number of ether oxygens (including phenoxy) is 2. The molecule has 2 aliphatic heterocycles. The molecule has 4 atom stereocenters. The monoisotopic (exact) mass is 271 g/mol. The normalized spacial score (nSPS) is 36.6. The van der Waals surface area contributed by atoms with E-state index in [2.05, 4.69) is 32.8 Å². The second kappa shape index (κ2) is 5.68. The molecule has 0 bridgehead atoms. The van der Waals surface area contributed by atoms with Crippen molar-refractivity contribution in [2.45, 2.75) is 56.8 Å². The fraction of sp³-hybridized carbons (Fsp3) is 1.00. The molecular weight excluding hydrogens is 242 g/mol. The van der Waals surface area contributed by atoms with E-state index >= 15 is 0 Å². The van der Waals surface area contributed by atoms with Crippen molar-refractivity contribution in [2.75, 3.05) is 33.9 Å². The van der Waals surface area contributed by atoms with Crippen molar-refractivity contribution in [1.29, 1.82) is 0 Å². The Morgan fingerprint density at radius 1 is 1.42 bits per heavy atom. The van der Waals surface area contributed by atoms with Crippen LogP contribution in [0.1, 0.15) is 39.5 Å². The molecule has 0 saturated carbocycles. The van der Waals surface area contributed by atoms with Gasteiger partial charge in [-0.1, -0.05) is 6.92 Å². The molecule has 0 aromatic carbocycles. The lowest BCUT2D eigenvalue weighted by atomic mass is 9.74. The van der Waals surface area contributed by atoms with Crippen LogP contribution in [0.15, 0.2) is 0 Å². The minimum Gasteiger partial charge on any atom is -0.391 e. The molecule has 19 heavy (non-hydrogen) atoms. The third-order valence-corrected chi connectivity index (χ3v) is 5.42. The van der Waals surface area contributed by atoms with Crippen LogP contribution in [0.5, 0.6) is 0 Å². The van der Waals surface area contributed by atoms with E-state index in [9.17, 15) is 5.11 Å². The van der Waals surface area contributed by atoms with E-state index in [1.54, 1.807) is 0 Å². The van der Waals surface area contributed by atoms with Crippen molar-refractivity contribution in [3.63, 3.8) is 0 Å². The van der Waals surface area contributed by atoms with Crippen LogP contribution in [0.3, 0.4) is 0 Å². The second-order valence-electron chi connectivity index (χ2n) is 6.64. The third kappa shape index (κ3) is 2.82. The summed E-state index contributed by atoms with van der Waals surface area (Å²) < 4.78 is 11.5. The fourth-order valence-electron chi connectivity index (χ4n) is 3.50. The predicted octanol–water partition coefficient (Wildman–Crippen LogP) is 1.66. The first-order chi connectivity index (χ1) is 8.93. The van der Waals surface area contributed by atoms with Crippen LogP contribution >= 0.6 is 0 Å². The number of hydrogen-bond donors (Lipinski definition) is 1. The SMILES string of the molecule is CCC(C)(C(O)C1CCOC2(CCOC2)C1)N(C)C. The Morgan fingerprint density at radius 2 is 2.16 bits per heavy atom. The van der Waals surface area contributed by atoms with Crippen molar-refractivity contribution in [3.8, 4) is 0 Å². The van der Waals surface area contributed by atoms with Crippen LogP contribution in [-0.2, 0) is 9.47 Å². The molecule has 2 fully saturated rings. The third-order valence-electron chi connectivity index (χ3n) is 5.42. The van der Waals surface area contributed by atoms with Crippen molar-refractivity contribution < 1.29 is 14.6 Å². The largest absolute Gasteiger partial charge is 0.391 e. The standard InChI is InChI=1S/C15H29NO3/c1-5-14(2,16(3)4)13(17)12-6-8-19-15(10-12)7-9-18-11-15/h12-13,17H,5-11H2,1-4H3. The Balaban J connectivity index is 2.08. The van der Waals surface area contributed by atoms with E-state index in [1.807, 2.05) is 0 Å². The van der Waals surface area contributed by atoms with Gasteiger partial charge < -0.3 is 19.5 Å². The molecule has 4 nitrogen and oxygen atoms in total. The summed E-state index contributed by atoms with van der Waals surface area (Å²) in [5, 5.41) is 10.9. The number of rotatable bonds is 4. The smallest absolute Gasteiger partial charge is 0.0940 e. The van der Waals surface area contributed by atoms with Gasteiger partial charge in [-0.2, -0.15) is 0 Å². The number of aliphatic hydroxyl groups is 1. The lowest BCUT2D eigenvalue weighted by Gasteiger charge is -2.47. The quantitative estimate of drug-likeness (QED) is 0.844. The Kier molecular flexibility index (Phi) is 4.56.